The maximum atomic E-state index is 10.8. The van der Waals surface area contributed by atoms with E-state index in [0.29, 0.717) is 23.5 Å². The van der Waals surface area contributed by atoms with E-state index < -0.39 is 4.92 Å². The zero-order valence-electron chi connectivity index (χ0n) is 11.3. The topological polar surface area (TPSA) is 111 Å². The van der Waals surface area contributed by atoms with Crippen LogP contribution in [-0.2, 0) is 6.42 Å². The van der Waals surface area contributed by atoms with Crippen LogP contribution < -0.4 is 0 Å². The quantitative estimate of drug-likeness (QED) is 0.406. The van der Waals surface area contributed by atoms with E-state index in [1.165, 1.54) is 23.5 Å². The molecule has 3 rings (SSSR count). The van der Waals surface area contributed by atoms with Gasteiger partial charge in [-0.2, -0.15) is 9.94 Å². The molecule has 0 spiro atoms. The number of non-ortho nitro benzene ring substituents is 1. The van der Waals surface area contributed by atoms with Gasteiger partial charge in [0, 0.05) is 18.6 Å². The molecule has 0 unspecified atom stereocenters. The first-order chi connectivity index (χ1) is 10.7. The Labute approximate surface area is 128 Å². The van der Waals surface area contributed by atoms with E-state index >= 15 is 0 Å². The summed E-state index contributed by atoms with van der Waals surface area (Å²) < 4.78 is 2.28. The standard InChI is InChI=1S/C13H10N6O2S/c14-6-2-1-3-9-8-18(17-16-9)13-15-11-5-4-10(19(20)21)7-12(11)22-13/h4-5,7-8H,1-3H2. The van der Waals surface area contributed by atoms with Gasteiger partial charge in [0.25, 0.3) is 5.69 Å². The van der Waals surface area contributed by atoms with Crippen molar-refractivity contribution in [2.24, 2.45) is 0 Å². The minimum atomic E-state index is -0.429. The molecule has 110 valence electrons. The maximum absolute atomic E-state index is 10.8. The van der Waals surface area contributed by atoms with Crippen LogP contribution >= 0.6 is 11.3 Å². The van der Waals surface area contributed by atoms with Crippen LogP contribution in [0.5, 0.6) is 0 Å². The number of nitro benzene ring substituents is 1. The largest absolute Gasteiger partial charge is 0.270 e. The highest BCUT2D eigenvalue weighted by Crippen LogP contribution is 2.28. The molecule has 0 amide bonds. The third kappa shape index (κ3) is 2.77. The molecule has 0 atom stereocenters. The molecular formula is C13H10N6O2S. The lowest BCUT2D eigenvalue weighted by atomic mass is 10.2. The predicted octanol–water partition coefficient (Wildman–Crippen LogP) is 2.63. The second kappa shape index (κ2) is 5.87. The monoisotopic (exact) mass is 314 g/mol. The van der Waals surface area contributed by atoms with Crippen molar-refractivity contribution < 1.29 is 4.92 Å². The van der Waals surface area contributed by atoms with Gasteiger partial charge >= 0.3 is 0 Å². The van der Waals surface area contributed by atoms with Gasteiger partial charge in [0.15, 0.2) is 0 Å². The molecule has 8 nitrogen and oxygen atoms in total. The molecule has 22 heavy (non-hydrogen) atoms. The SMILES string of the molecule is N#CCCCc1cn(-c2nc3ccc([N+](=O)[O-])cc3s2)nn1. The average Bonchev–Trinajstić information content (AvgIpc) is 3.12. The third-order valence-electron chi connectivity index (χ3n) is 3.03. The number of fused-ring (bicyclic) bond motifs is 1. The predicted molar refractivity (Wildman–Crippen MR) is 79.7 cm³/mol. The number of hydrogen-bond donors (Lipinski definition) is 0. The summed E-state index contributed by atoms with van der Waals surface area (Å²) in [4.78, 5) is 14.8. The number of thiazole rings is 1. The smallest absolute Gasteiger partial charge is 0.258 e. The Morgan fingerprint density at radius 2 is 2.32 bits per heavy atom. The average molecular weight is 314 g/mol. The highest BCUT2D eigenvalue weighted by Gasteiger charge is 2.12. The third-order valence-corrected chi connectivity index (χ3v) is 4.04. The number of nitriles is 1. The van der Waals surface area contributed by atoms with Crippen LogP contribution in [0.15, 0.2) is 24.4 Å². The summed E-state index contributed by atoms with van der Waals surface area (Å²) in [5, 5.41) is 28.0. The summed E-state index contributed by atoms with van der Waals surface area (Å²) in [7, 11) is 0. The van der Waals surface area contributed by atoms with Crippen molar-refractivity contribution >= 4 is 27.2 Å². The molecule has 0 aliphatic heterocycles. The van der Waals surface area contributed by atoms with Crippen LogP contribution in [0.3, 0.4) is 0 Å². The van der Waals surface area contributed by atoms with E-state index in [9.17, 15) is 10.1 Å². The zero-order valence-corrected chi connectivity index (χ0v) is 12.2. The number of aromatic nitrogens is 4. The summed E-state index contributed by atoms with van der Waals surface area (Å²) in [6.07, 6.45) is 3.67. The lowest BCUT2D eigenvalue weighted by Crippen LogP contribution is -1.93. The second-order valence-corrected chi connectivity index (χ2v) is 5.58. The van der Waals surface area contributed by atoms with Crippen LogP contribution in [0.2, 0.25) is 0 Å². The Hall–Kier alpha value is -2.86. The summed E-state index contributed by atoms with van der Waals surface area (Å²) >= 11 is 1.32. The fraction of sp³-hybridized carbons (Fsp3) is 0.231. The van der Waals surface area contributed by atoms with Gasteiger partial charge in [0.05, 0.1) is 33.1 Å². The van der Waals surface area contributed by atoms with E-state index in [-0.39, 0.29) is 5.69 Å². The summed E-state index contributed by atoms with van der Waals surface area (Å²) in [5.41, 5.74) is 1.52. The van der Waals surface area contributed by atoms with Crippen molar-refractivity contribution in [3.63, 3.8) is 0 Å². The molecule has 0 bridgehead atoms. The van der Waals surface area contributed by atoms with E-state index in [2.05, 4.69) is 21.4 Å². The van der Waals surface area contributed by atoms with Gasteiger partial charge in [0.2, 0.25) is 5.13 Å². The Morgan fingerprint density at radius 3 is 3.09 bits per heavy atom. The molecular weight excluding hydrogens is 304 g/mol. The van der Waals surface area contributed by atoms with Crippen LogP contribution in [0, 0.1) is 21.4 Å². The van der Waals surface area contributed by atoms with Gasteiger partial charge in [0.1, 0.15) is 0 Å². The van der Waals surface area contributed by atoms with E-state index in [0.717, 1.165) is 16.8 Å². The Kier molecular flexibility index (Phi) is 3.76. The van der Waals surface area contributed by atoms with Crippen LogP contribution in [-0.4, -0.2) is 24.9 Å². The van der Waals surface area contributed by atoms with Crippen molar-refractivity contribution in [3.8, 4) is 11.2 Å². The Bertz CT molecular complexity index is 878. The number of benzene rings is 1. The van der Waals surface area contributed by atoms with Gasteiger partial charge in [-0.15, -0.1) is 5.10 Å². The minimum absolute atomic E-state index is 0.0403. The molecule has 0 saturated heterocycles. The first kappa shape index (κ1) is 14.1. The molecule has 1 aromatic carbocycles. The van der Waals surface area contributed by atoms with Crippen molar-refractivity contribution in [2.45, 2.75) is 19.3 Å². The fourth-order valence-electron chi connectivity index (χ4n) is 1.97. The molecule has 0 aliphatic rings. The second-order valence-electron chi connectivity index (χ2n) is 4.57. The normalized spacial score (nSPS) is 10.7. The number of aryl methyl sites for hydroxylation is 1. The van der Waals surface area contributed by atoms with Gasteiger partial charge in [-0.25, -0.2) is 4.98 Å². The molecule has 9 heteroatoms. The van der Waals surface area contributed by atoms with Gasteiger partial charge in [-0.3, -0.25) is 10.1 Å². The molecule has 2 aromatic heterocycles. The summed E-state index contributed by atoms with van der Waals surface area (Å²) in [6.45, 7) is 0. The zero-order chi connectivity index (χ0) is 15.5. The molecule has 2 heterocycles. The molecule has 0 saturated carbocycles. The molecule has 0 aliphatic carbocycles. The summed E-state index contributed by atoms with van der Waals surface area (Å²) in [5.74, 6) is 0. The number of nitrogens with zero attached hydrogens (tertiary/aromatic N) is 6. The Balaban J connectivity index is 1.87. The van der Waals surface area contributed by atoms with Gasteiger partial charge in [-0.05, 0) is 18.9 Å². The fourth-order valence-corrected chi connectivity index (χ4v) is 2.89. The molecule has 0 fully saturated rings. The van der Waals surface area contributed by atoms with Gasteiger partial charge in [-0.1, -0.05) is 16.6 Å². The van der Waals surface area contributed by atoms with Gasteiger partial charge < -0.3 is 0 Å². The summed E-state index contributed by atoms with van der Waals surface area (Å²) in [6, 6.07) is 6.64. The van der Waals surface area contributed by atoms with Crippen LogP contribution in [0.1, 0.15) is 18.5 Å². The molecule has 0 radical (unpaired) electrons. The molecule has 3 aromatic rings. The number of unbranched alkanes of at least 4 members (excludes halogenated alkanes) is 1. The van der Waals surface area contributed by atoms with Crippen LogP contribution in [0.25, 0.3) is 15.3 Å². The van der Waals surface area contributed by atoms with E-state index in [4.69, 9.17) is 5.26 Å². The van der Waals surface area contributed by atoms with E-state index in [1.807, 2.05) is 0 Å². The number of hydrogen-bond acceptors (Lipinski definition) is 7. The first-order valence-electron chi connectivity index (χ1n) is 6.51. The lowest BCUT2D eigenvalue weighted by Gasteiger charge is -1.90. The van der Waals surface area contributed by atoms with Crippen molar-refractivity contribution in [2.75, 3.05) is 0 Å². The van der Waals surface area contributed by atoms with Crippen LogP contribution in [0.4, 0.5) is 5.69 Å². The van der Waals surface area contributed by atoms with Crippen molar-refractivity contribution in [1.82, 2.24) is 20.0 Å². The number of rotatable bonds is 5. The lowest BCUT2D eigenvalue weighted by molar-refractivity contribution is -0.384. The maximum Gasteiger partial charge on any atom is 0.270 e. The highest BCUT2D eigenvalue weighted by atomic mass is 32.1. The minimum Gasteiger partial charge on any atom is -0.258 e. The van der Waals surface area contributed by atoms with Crippen molar-refractivity contribution in [3.05, 3.63) is 40.2 Å². The Morgan fingerprint density at radius 1 is 1.45 bits per heavy atom. The van der Waals surface area contributed by atoms with E-state index in [1.54, 1.807) is 16.9 Å². The first-order valence-corrected chi connectivity index (χ1v) is 7.32. The molecule has 0 N–H and O–H groups in total. The van der Waals surface area contributed by atoms with Crippen molar-refractivity contribution in [1.29, 1.82) is 5.26 Å². The highest BCUT2D eigenvalue weighted by molar-refractivity contribution is 7.20. The number of nitro groups is 1.